The van der Waals surface area contributed by atoms with Crippen LogP contribution < -0.4 is 14.5 Å². The minimum absolute atomic E-state index is 0.149. The van der Waals surface area contributed by atoms with Gasteiger partial charge in [-0.05, 0) is 61.4 Å². The number of benzene rings is 3. The zero-order chi connectivity index (χ0) is 24.8. The van der Waals surface area contributed by atoms with E-state index in [0.717, 1.165) is 48.7 Å². The molecular formula is C27H31N3O4S. The van der Waals surface area contributed by atoms with E-state index in [1.54, 1.807) is 42.5 Å². The molecule has 1 saturated heterocycles. The normalized spacial score (nSPS) is 13.9. The fraction of sp³-hybridized carbons (Fsp3) is 0.296. The summed E-state index contributed by atoms with van der Waals surface area (Å²) in [6.45, 7) is 6.96. The molecule has 184 valence electrons. The van der Waals surface area contributed by atoms with Crippen molar-refractivity contribution in [3.05, 3.63) is 89.5 Å². The number of morpholine rings is 1. The molecule has 0 aliphatic carbocycles. The number of hydrogen-bond acceptors (Lipinski definition) is 5. The highest BCUT2D eigenvalue weighted by Crippen LogP contribution is 2.25. The molecule has 0 unspecified atom stereocenters. The summed E-state index contributed by atoms with van der Waals surface area (Å²) < 4.78 is 33.5. The third-order valence-electron chi connectivity index (χ3n) is 5.99. The van der Waals surface area contributed by atoms with Crippen molar-refractivity contribution < 1.29 is 17.9 Å². The van der Waals surface area contributed by atoms with Crippen LogP contribution in [0.1, 0.15) is 16.7 Å². The van der Waals surface area contributed by atoms with Crippen LogP contribution in [0.25, 0.3) is 0 Å². The lowest BCUT2D eigenvalue weighted by molar-refractivity contribution is -0.119. The number of carbonyl (C=O) groups is 1. The Balaban J connectivity index is 1.47. The van der Waals surface area contributed by atoms with Crippen molar-refractivity contribution in [1.29, 1.82) is 0 Å². The van der Waals surface area contributed by atoms with E-state index in [-0.39, 0.29) is 17.3 Å². The molecule has 4 rings (SSSR count). The highest BCUT2D eigenvalue weighted by atomic mass is 32.2. The molecule has 7 nitrogen and oxygen atoms in total. The first-order valence-electron chi connectivity index (χ1n) is 11.7. The van der Waals surface area contributed by atoms with E-state index in [9.17, 15) is 13.2 Å². The van der Waals surface area contributed by atoms with E-state index in [1.165, 1.54) is 4.31 Å². The zero-order valence-corrected chi connectivity index (χ0v) is 20.9. The van der Waals surface area contributed by atoms with E-state index < -0.39 is 10.0 Å². The molecule has 1 N–H and O–H groups in total. The Kier molecular flexibility index (Phi) is 7.73. The maximum atomic E-state index is 13.5. The first kappa shape index (κ1) is 24.8. The summed E-state index contributed by atoms with van der Waals surface area (Å²) in [6.07, 6.45) is 0. The molecule has 0 aromatic heterocycles. The minimum atomic E-state index is -3.93. The number of rotatable bonds is 8. The van der Waals surface area contributed by atoms with E-state index in [4.69, 9.17) is 4.74 Å². The number of aryl methyl sites for hydroxylation is 2. The van der Waals surface area contributed by atoms with Gasteiger partial charge in [0.05, 0.1) is 23.8 Å². The predicted molar refractivity (Wildman–Crippen MR) is 138 cm³/mol. The van der Waals surface area contributed by atoms with Crippen molar-refractivity contribution >= 4 is 27.3 Å². The number of hydrogen-bond donors (Lipinski definition) is 1. The maximum absolute atomic E-state index is 13.5. The Hall–Kier alpha value is -3.36. The molecule has 1 fully saturated rings. The molecule has 8 heteroatoms. The van der Waals surface area contributed by atoms with Crippen molar-refractivity contribution in [2.45, 2.75) is 25.3 Å². The van der Waals surface area contributed by atoms with Crippen LogP contribution in [0.2, 0.25) is 0 Å². The molecule has 1 amide bonds. The second-order valence-electron chi connectivity index (χ2n) is 8.71. The van der Waals surface area contributed by atoms with E-state index in [1.807, 2.05) is 44.2 Å². The molecule has 3 aromatic rings. The van der Waals surface area contributed by atoms with Crippen LogP contribution in [0, 0.1) is 13.8 Å². The van der Waals surface area contributed by atoms with Crippen molar-refractivity contribution in [2.75, 3.05) is 42.1 Å². The van der Waals surface area contributed by atoms with Gasteiger partial charge in [-0.2, -0.15) is 0 Å². The average molecular weight is 494 g/mol. The van der Waals surface area contributed by atoms with Gasteiger partial charge in [0.25, 0.3) is 10.0 Å². The second-order valence-corrected chi connectivity index (χ2v) is 10.6. The van der Waals surface area contributed by atoms with Crippen LogP contribution in [-0.2, 0) is 26.1 Å². The summed E-state index contributed by atoms with van der Waals surface area (Å²) in [5.74, 6) is -0.376. The van der Waals surface area contributed by atoms with E-state index >= 15 is 0 Å². The van der Waals surface area contributed by atoms with Gasteiger partial charge < -0.3 is 15.0 Å². The molecule has 1 aliphatic heterocycles. The molecule has 0 atom stereocenters. The number of nitrogens with zero attached hydrogens (tertiary/aromatic N) is 2. The van der Waals surface area contributed by atoms with Crippen molar-refractivity contribution in [1.82, 2.24) is 5.32 Å². The van der Waals surface area contributed by atoms with Crippen molar-refractivity contribution in [2.24, 2.45) is 0 Å². The number of anilines is 2. The van der Waals surface area contributed by atoms with Crippen LogP contribution >= 0.6 is 0 Å². The van der Waals surface area contributed by atoms with Crippen molar-refractivity contribution in [3.63, 3.8) is 0 Å². The summed E-state index contributed by atoms with van der Waals surface area (Å²) >= 11 is 0. The highest BCUT2D eigenvalue weighted by Gasteiger charge is 2.27. The van der Waals surface area contributed by atoms with E-state index in [0.29, 0.717) is 12.2 Å². The number of ether oxygens (including phenoxy) is 1. The number of sulfonamides is 1. The second kappa shape index (κ2) is 10.9. The van der Waals surface area contributed by atoms with Crippen LogP contribution in [0.4, 0.5) is 11.4 Å². The molecule has 0 bridgehead atoms. The summed E-state index contributed by atoms with van der Waals surface area (Å²) in [5.41, 5.74) is 4.39. The molecule has 3 aromatic carbocycles. The standard InChI is InChI=1S/C27H31N3O4S/c1-21-6-12-26(13-7-21)35(32,33)30(25-5-3-4-22(2)18-25)20-27(31)28-19-23-8-10-24(11-9-23)29-14-16-34-17-15-29/h3-13,18H,14-17,19-20H2,1-2H3,(H,28,31). The SMILES string of the molecule is Cc1ccc(S(=O)(=O)N(CC(=O)NCc2ccc(N3CCOCC3)cc2)c2cccc(C)c2)cc1. The van der Waals surface area contributed by atoms with Gasteiger partial charge in [-0.25, -0.2) is 8.42 Å². The Morgan fingerprint density at radius 1 is 0.943 bits per heavy atom. The van der Waals surface area contributed by atoms with E-state index in [2.05, 4.69) is 10.2 Å². The van der Waals surface area contributed by atoms with Gasteiger partial charge in [-0.15, -0.1) is 0 Å². The molecule has 0 saturated carbocycles. The largest absolute Gasteiger partial charge is 0.378 e. The quantitative estimate of drug-likeness (QED) is 0.518. The Bertz CT molecular complexity index is 1250. The number of carbonyl (C=O) groups excluding carboxylic acids is 1. The van der Waals surface area contributed by atoms with Crippen LogP contribution in [0.5, 0.6) is 0 Å². The molecule has 1 heterocycles. The molecular weight excluding hydrogens is 462 g/mol. The average Bonchev–Trinajstić information content (AvgIpc) is 2.87. The third-order valence-corrected chi connectivity index (χ3v) is 7.78. The molecule has 35 heavy (non-hydrogen) atoms. The molecule has 0 spiro atoms. The zero-order valence-electron chi connectivity index (χ0n) is 20.1. The molecule has 1 aliphatic rings. The highest BCUT2D eigenvalue weighted by molar-refractivity contribution is 7.92. The first-order chi connectivity index (χ1) is 16.8. The van der Waals surface area contributed by atoms with Gasteiger partial charge in [-0.1, -0.05) is 42.0 Å². The lowest BCUT2D eigenvalue weighted by Gasteiger charge is -2.29. The van der Waals surface area contributed by atoms with Crippen LogP contribution in [0.15, 0.2) is 77.7 Å². The van der Waals surface area contributed by atoms with Gasteiger partial charge in [0.15, 0.2) is 0 Å². The minimum Gasteiger partial charge on any atom is -0.378 e. The molecule has 0 radical (unpaired) electrons. The lowest BCUT2D eigenvalue weighted by atomic mass is 10.2. The topological polar surface area (TPSA) is 79.0 Å². The Labute approximate surface area is 207 Å². The lowest BCUT2D eigenvalue weighted by Crippen LogP contribution is -2.40. The van der Waals surface area contributed by atoms with Crippen LogP contribution in [0.3, 0.4) is 0 Å². The van der Waals surface area contributed by atoms with Crippen molar-refractivity contribution in [3.8, 4) is 0 Å². The fourth-order valence-corrected chi connectivity index (χ4v) is 5.38. The number of amides is 1. The van der Waals surface area contributed by atoms with Gasteiger partial charge in [0.1, 0.15) is 6.54 Å². The van der Waals surface area contributed by atoms with Crippen LogP contribution in [-0.4, -0.2) is 47.2 Å². The summed E-state index contributed by atoms with van der Waals surface area (Å²) in [7, 11) is -3.93. The number of nitrogens with one attached hydrogen (secondary N) is 1. The van der Waals surface area contributed by atoms with Gasteiger partial charge in [0.2, 0.25) is 5.91 Å². The van der Waals surface area contributed by atoms with Gasteiger partial charge >= 0.3 is 0 Å². The Morgan fingerprint density at radius 2 is 1.63 bits per heavy atom. The monoisotopic (exact) mass is 493 g/mol. The predicted octanol–water partition coefficient (Wildman–Crippen LogP) is 3.65. The summed E-state index contributed by atoms with van der Waals surface area (Å²) in [6, 6.07) is 21.8. The summed E-state index contributed by atoms with van der Waals surface area (Å²) in [5, 5.41) is 2.87. The smallest absolute Gasteiger partial charge is 0.264 e. The van der Waals surface area contributed by atoms with Gasteiger partial charge in [-0.3, -0.25) is 9.10 Å². The van der Waals surface area contributed by atoms with Gasteiger partial charge in [0, 0.05) is 25.3 Å². The first-order valence-corrected chi connectivity index (χ1v) is 13.1. The third kappa shape index (κ3) is 6.21. The summed E-state index contributed by atoms with van der Waals surface area (Å²) in [4.78, 5) is 15.3. The maximum Gasteiger partial charge on any atom is 0.264 e. The Morgan fingerprint density at radius 3 is 2.29 bits per heavy atom. The fourth-order valence-electron chi connectivity index (χ4n) is 3.97.